The van der Waals surface area contributed by atoms with Crippen LogP contribution >= 0.6 is 12.6 Å². The molecule has 3 rings (SSSR count). The van der Waals surface area contributed by atoms with E-state index in [1.54, 1.807) is 24.3 Å². The number of para-hydroxylation sites is 1. The van der Waals surface area contributed by atoms with Crippen LogP contribution in [0.4, 0.5) is 0 Å². The molecule has 0 saturated heterocycles. The van der Waals surface area contributed by atoms with Crippen LogP contribution in [0.3, 0.4) is 0 Å². The number of hydrogen-bond donors (Lipinski definition) is 6. The highest BCUT2D eigenvalue weighted by Crippen LogP contribution is 2.35. The van der Waals surface area contributed by atoms with Crippen LogP contribution in [0.1, 0.15) is 33.9 Å². The number of primary amides is 1. The maximum Gasteiger partial charge on any atom is 0.255 e. The van der Waals surface area contributed by atoms with Crippen molar-refractivity contribution in [3.05, 3.63) is 59.2 Å². The standard InChI is InChI=1S/C22H28N4O4S/c23-14(12-31)11-25-18-8-9-30-20-16(18)2-1-3-17(20)22(29)26-19(21(24)28)10-13-4-6-15(27)7-5-13/h1-7,14,18-19,25,27,31H,8-12,23H2,(H2,24,28)(H,26,29)/t14-,18?,19+/m1/s1. The Hall–Kier alpha value is -2.75. The number of benzene rings is 2. The third kappa shape index (κ3) is 5.90. The predicted octanol–water partition coefficient (Wildman–Crippen LogP) is 0.889. The van der Waals surface area contributed by atoms with Gasteiger partial charge in [-0.25, -0.2) is 0 Å². The number of carbonyl (C=O) groups is 2. The largest absolute Gasteiger partial charge is 0.508 e. The molecular weight excluding hydrogens is 416 g/mol. The molecule has 1 heterocycles. The third-order valence-corrected chi connectivity index (χ3v) is 5.67. The second-order valence-electron chi connectivity index (χ2n) is 7.56. The molecule has 2 amide bonds. The van der Waals surface area contributed by atoms with Crippen LogP contribution in [0.5, 0.6) is 11.5 Å². The summed E-state index contributed by atoms with van der Waals surface area (Å²) in [5.41, 5.74) is 13.5. The molecule has 0 spiro atoms. The average Bonchev–Trinajstić information content (AvgIpc) is 2.77. The van der Waals surface area contributed by atoms with Gasteiger partial charge in [0.05, 0.1) is 12.2 Å². The lowest BCUT2D eigenvalue weighted by molar-refractivity contribution is -0.119. The van der Waals surface area contributed by atoms with Crippen molar-refractivity contribution >= 4 is 24.4 Å². The Labute approximate surface area is 186 Å². The van der Waals surface area contributed by atoms with Crippen molar-refractivity contribution in [3.8, 4) is 11.5 Å². The maximum absolute atomic E-state index is 13.0. The van der Waals surface area contributed by atoms with Crippen molar-refractivity contribution in [3.63, 3.8) is 0 Å². The van der Waals surface area contributed by atoms with E-state index >= 15 is 0 Å². The van der Waals surface area contributed by atoms with Crippen LogP contribution in [0, 0.1) is 0 Å². The van der Waals surface area contributed by atoms with Crippen molar-refractivity contribution in [1.29, 1.82) is 0 Å². The zero-order valence-electron chi connectivity index (χ0n) is 17.1. The van der Waals surface area contributed by atoms with Gasteiger partial charge in [0.15, 0.2) is 0 Å². The van der Waals surface area contributed by atoms with Crippen LogP contribution in [-0.2, 0) is 11.2 Å². The van der Waals surface area contributed by atoms with Crippen molar-refractivity contribution in [2.24, 2.45) is 11.5 Å². The molecule has 8 nitrogen and oxygen atoms in total. The number of thiol groups is 1. The van der Waals surface area contributed by atoms with E-state index in [2.05, 4.69) is 23.3 Å². The smallest absolute Gasteiger partial charge is 0.255 e. The lowest BCUT2D eigenvalue weighted by atomic mass is 9.96. The van der Waals surface area contributed by atoms with Crippen molar-refractivity contribution in [2.45, 2.75) is 31.0 Å². The summed E-state index contributed by atoms with van der Waals surface area (Å²) < 4.78 is 5.82. The van der Waals surface area contributed by atoms with E-state index in [0.29, 0.717) is 30.2 Å². The van der Waals surface area contributed by atoms with Gasteiger partial charge in [0.25, 0.3) is 5.91 Å². The molecule has 2 aromatic carbocycles. The van der Waals surface area contributed by atoms with Gasteiger partial charge < -0.3 is 31.9 Å². The second kappa shape index (κ2) is 10.5. The van der Waals surface area contributed by atoms with Crippen molar-refractivity contribution < 1.29 is 19.4 Å². The molecule has 7 N–H and O–H groups in total. The molecule has 9 heteroatoms. The van der Waals surface area contributed by atoms with E-state index in [9.17, 15) is 14.7 Å². The Morgan fingerprint density at radius 3 is 2.65 bits per heavy atom. The van der Waals surface area contributed by atoms with Gasteiger partial charge in [0.2, 0.25) is 5.91 Å². The second-order valence-corrected chi connectivity index (χ2v) is 7.93. The number of carbonyl (C=O) groups excluding carboxylic acids is 2. The monoisotopic (exact) mass is 444 g/mol. The number of aromatic hydroxyl groups is 1. The summed E-state index contributed by atoms with van der Waals surface area (Å²) in [7, 11) is 0. The topological polar surface area (TPSA) is 140 Å². The summed E-state index contributed by atoms with van der Waals surface area (Å²) in [5, 5.41) is 15.5. The summed E-state index contributed by atoms with van der Waals surface area (Å²) in [4.78, 5) is 25.0. The van der Waals surface area contributed by atoms with E-state index < -0.39 is 17.9 Å². The fraction of sp³-hybridized carbons (Fsp3) is 0.364. The quantitative estimate of drug-likeness (QED) is 0.318. The van der Waals surface area contributed by atoms with Gasteiger partial charge in [0.1, 0.15) is 17.5 Å². The highest BCUT2D eigenvalue weighted by Gasteiger charge is 2.28. The number of ether oxygens (including phenoxy) is 1. The molecule has 1 aliphatic heterocycles. The van der Waals surface area contributed by atoms with E-state index in [0.717, 1.165) is 17.5 Å². The third-order valence-electron chi connectivity index (χ3n) is 5.20. The fourth-order valence-electron chi connectivity index (χ4n) is 3.50. The number of phenols is 1. The summed E-state index contributed by atoms with van der Waals surface area (Å²) in [6, 6.07) is 10.8. The molecule has 0 fully saturated rings. The number of rotatable bonds is 9. The Bertz CT molecular complexity index is 922. The first kappa shape index (κ1) is 22.9. The number of hydrogen-bond acceptors (Lipinski definition) is 7. The summed E-state index contributed by atoms with van der Waals surface area (Å²) in [6.07, 6.45) is 0.963. The van der Waals surface area contributed by atoms with Crippen molar-refractivity contribution in [2.75, 3.05) is 18.9 Å². The Kier molecular flexibility index (Phi) is 7.78. The zero-order valence-corrected chi connectivity index (χ0v) is 18.0. The highest BCUT2D eigenvalue weighted by molar-refractivity contribution is 7.80. The summed E-state index contributed by atoms with van der Waals surface area (Å²) >= 11 is 4.21. The average molecular weight is 445 g/mol. The molecule has 2 aromatic rings. The van der Waals surface area contributed by atoms with Crippen LogP contribution in [0.25, 0.3) is 0 Å². The lowest BCUT2D eigenvalue weighted by Crippen LogP contribution is -2.46. The molecule has 0 bridgehead atoms. The summed E-state index contributed by atoms with van der Waals surface area (Å²) in [6.45, 7) is 1.05. The fourth-order valence-corrected chi connectivity index (χ4v) is 3.63. The van der Waals surface area contributed by atoms with Crippen LogP contribution in [0.15, 0.2) is 42.5 Å². The number of nitrogens with one attached hydrogen (secondary N) is 2. The normalized spacial score (nSPS) is 17.2. The van der Waals surface area contributed by atoms with Gasteiger partial charge in [-0.1, -0.05) is 24.3 Å². The van der Waals surface area contributed by atoms with Crippen LogP contribution in [0.2, 0.25) is 0 Å². The van der Waals surface area contributed by atoms with Crippen molar-refractivity contribution in [1.82, 2.24) is 10.6 Å². The van der Waals surface area contributed by atoms with Gasteiger partial charge in [-0.2, -0.15) is 12.6 Å². The van der Waals surface area contributed by atoms with Crippen LogP contribution in [-0.4, -0.2) is 47.9 Å². The zero-order chi connectivity index (χ0) is 22.4. The van der Waals surface area contributed by atoms with Gasteiger partial charge in [0, 0.05) is 42.8 Å². The van der Waals surface area contributed by atoms with Crippen LogP contribution < -0.4 is 26.8 Å². The van der Waals surface area contributed by atoms with Gasteiger partial charge in [-0.15, -0.1) is 0 Å². The maximum atomic E-state index is 13.0. The molecule has 1 unspecified atom stereocenters. The highest BCUT2D eigenvalue weighted by atomic mass is 32.1. The Balaban J connectivity index is 1.76. The minimum absolute atomic E-state index is 0.00590. The first-order valence-corrected chi connectivity index (χ1v) is 10.8. The molecule has 1 aliphatic rings. The first-order chi connectivity index (χ1) is 14.9. The summed E-state index contributed by atoms with van der Waals surface area (Å²) in [5.74, 6) is 0.103. The molecule has 0 aromatic heterocycles. The molecule has 166 valence electrons. The van der Waals surface area contributed by atoms with Gasteiger partial charge in [-0.05, 0) is 23.8 Å². The Morgan fingerprint density at radius 1 is 1.23 bits per heavy atom. The minimum Gasteiger partial charge on any atom is -0.508 e. The SMILES string of the molecule is NC(=O)[C@H](Cc1ccc(O)cc1)NC(=O)c1cccc2c1OCCC2NC[C@@H](N)CS. The molecule has 0 aliphatic carbocycles. The van der Waals surface area contributed by atoms with E-state index in [4.69, 9.17) is 16.2 Å². The number of nitrogens with two attached hydrogens (primary N) is 2. The Morgan fingerprint density at radius 2 is 1.97 bits per heavy atom. The number of fused-ring (bicyclic) bond motifs is 1. The molecule has 3 atom stereocenters. The van der Waals surface area contributed by atoms with Gasteiger partial charge >= 0.3 is 0 Å². The van der Waals surface area contributed by atoms with Gasteiger partial charge in [-0.3, -0.25) is 9.59 Å². The van der Waals surface area contributed by atoms with E-state index in [1.807, 2.05) is 6.07 Å². The van der Waals surface area contributed by atoms with E-state index in [1.165, 1.54) is 12.1 Å². The molecule has 31 heavy (non-hydrogen) atoms. The lowest BCUT2D eigenvalue weighted by Gasteiger charge is -2.29. The minimum atomic E-state index is -0.904. The molecular formula is C22H28N4O4S. The number of amides is 2. The molecule has 0 radical (unpaired) electrons. The number of phenolic OH excluding ortho intramolecular Hbond substituents is 1. The van der Waals surface area contributed by atoms with E-state index in [-0.39, 0.29) is 24.3 Å². The predicted molar refractivity (Wildman–Crippen MR) is 121 cm³/mol. The first-order valence-electron chi connectivity index (χ1n) is 10.1. The molecule has 0 saturated carbocycles.